The van der Waals surface area contributed by atoms with Gasteiger partial charge in [0.05, 0.1) is 25.3 Å². The molecule has 1 N–H and O–H groups in total. The van der Waals surface area contributed by atoms with Crippen LogP contribution in [0.5, 0.6) is 11.5 Å². The lowest BCUT2D eigenvalue weighted by molar-refractivity contribution is -0.115. The van der Waals surface area contributed by atoms with Gasteiger partial charge in [-0.2, -0.15) is 0 Å². The number of rotatable bonds is 3. The SMILES string of the molecule is Cc1nc(NC(=O)Cc2ccc3c(c2)OCCCO3)sc1C. The van der Waals surface area contributed by atoms with E-state index in [1.54, 1.807) is 0 Å². The number of ether oxygens (including phenoxy) is 2. The fourth-order valence-corrected chi connectivity index (χ4v) is 3.02. The van der Waals surface area contributed by atoms with Crippen LogP contribution in [0.2, 0.25) is 0 Å². The molecule has 0 aliphatic carbocycles. The van der Waals surface area contributed by atoms with Crippen molar-refractivity contribution in [2.45, 2.75) is 26.7 Å². The van der Waals surface area contributed by atoms with Crippen molar-refractivity contribution in [1.82, 2.24) is 4.98 Å². The van der Waals surface area contributed by atoms with E-state index in [1.807, 2.05) is 32.0 Å². The molecule has 22 heavy (non-hydrogen) atoms. The highest BCUT2D eigenvalue weighted by Gasteiger charge is 2.13. The van der Waals surface area contributed by atoms with Crippen LogP contribution in [0.25, 0.3) is 0 Å². The summed E-state index contributed by atoms with van der Waals surface area (Å²) in [6, 6.07) is 5.63. The minimum Gasteiger partial charge on any atom is -0.490 e. The van der Waals surface area contributed by atoms with Gasteiger partial charge in [0, 0.05) is 11.3 Å². The molecule has 1 aliphatic rings. The van der Waals surface area contributed by atoms with Crippen LogP contribution in [-0.4, -0.2) is 24.1 Å². The number of anilines is 1. The van der Waals surface area contributed by atoms with Crippen LogP contribution in [0.4, 0.5) is 5.13 Å². The summed E-state index contributed by atoms with van der Waals surface area (Å²) in [7, 11) is 0. The monoisotopic (exact) mass is 318 g/mol. The number of nitrogens with zero attached hydrogens (tertiary/aromatic N) is 1. The molecule has 0 saturated carbocycles. The van der Waals surface area contributed by atoms with Crippen LogP contribution in [-0.2, 0) is 11.2 Å². The van der Waals surface area contributed by atoms with Gasteiger partial charge in [-0.25, -0.2) is 4.98 Å². The maximum Gasteiger partial charge on any atom is 0.230 e. The van der Waals surface area contributed by atoms with E-state index in [4.69, 9.17) is 9.47 Å². The van der Waals surface area contributed by atoms with E-state index < -0.39 is 0 Å². The van der Waals surface area contributed by atoms with E-state index >= 15 is 0 Å². The zero-order chi connectivity index (χ0) is 15.5. The largest absolute Gasteiger partial charge is 0.490 e. The molecule has 2 heterocycles. The highest BCUT2D eigenvalue weighted by molar-refractivity contribution is 7.15. The molecule has 1 amide bonds. The van der Waals surface area contributed by atoms with Crippen molar-refractivity contribution in [1.29, 1.82) is 0 Å². The van der Waals surface area contributed by atoms with Crippen LogP contribution in [0.15, 0.2) is 18.2 Å². The van der Waals surface area contributed by atoms with Crippen molar-refractivity contribution in [2.75, 3.05) is 18.5 Å². The number of carbonyl (C=O) groups is 1. The number of hydrogen-bond acceptors (Lipinski definition) is 5. The van der Waals surface area contributed by atoms with Gasteiger partial charge in [0.25, 0.3) is 0 Å². The predicted molar refractivity (Wildman–Crippen MR) is 86.0 cm³/mol. The van der Waals surface area contributed by atoms with Gasteiger partial charge in [-0.05, 0) is 31.5 Å². The second kappa shape index (κ2) is 6.36. The number of thiazole rings is 1. The number of fused-ring (bicyclic) bond motifs is 1. The molecule has 1 aromatic heterocycles. The van der Waals surface area contributed by atoms with Crippen LogP contribution >= 0.6 is 11.3 Å². The Morgan fingerprint density at radius 1 is 1.27 bits per heavy atom. The van der Waals surface area contributed by atoms with Crippen molar-refractivity contribution in [2.24, 2.45) is 0 Å². The lowest BCUT2D eigenvalue weighted by Crippen LogP contribution is -2.14. The Labute approximate surface area is 133 Å². The molecule has 0 unspecified atom stereocenters. The number of benzene rings is 1. The number of hydrogen-bond donors (Lipinski definition) is 1. The van der Waals surface area contributed by atoms with Crippen LogP contribution < -0.4 is 14.8 Å². The molecule has 5 nitrogen and oxygen atoms in total. The van der Waals surface area contributed by atoms with Gasteiger partial charge in [-0.3, -0.25) is 4.79 Å². The van der Waals surface area contributed by atoms with Crippen molar-refractivity contribution in [3.8, 4) is 11.5 Å². The van der Waals surface area contributed by atoms with Crippen molar-refractivity contribution >= 4 is 22.4 Å². The lowest BCUT2D eigenvalue weighted by Gasteiger charge is -2.09. The fourth-order valence-electron chi connectivity index (χ4n) is 2.19. The van der Waals surface area contributed by atoms with Gasteiger partial charge in [0.15, 0.2) is 16.6 Å². The van der Waals surface area contributed by atoms with Crippen LogP contribution in [0.1, 0.15) is 22.6 Å². The Morgan fingerprint density at radius 2 is 2.05 bits per heavy atom. The van der Waals surface area contributed by atoms with Crippen LogP contribution in [0, 0.1) is 13.8 Å². The number of nitrogens with one attached hydrogen (secondary N) is 1. The topological polar surface area (TPSA) is 60.5 Å². The van der Waals surface area contributed by atoms with Gasteiger partial charge in [0.1, 0.15) is 0 Å². The molecule has 3 rings (SSSR count). The summed E-state index contributed by atoms with van der Waals surface area (Å²) >= 11 is 1.49. The summed E-state index contributed by atoms with van der Waals surface area (Å²) in [6.07, 6.45) is 1.15. The maximum atomic E-state index is 12.1. The first-order valence-electron chi connectivity index (χ1n) is 7.24. The molecule has 2 aromatic rings. The molecule has 0 fully saturated rings. The van der Waals surface area contributed by atoms with E-state index in [2.05, 4.69) is 10.3 Å². The van der Waals surface area contributed by atoms with E-state index in [1.165, 1.54) is 11.3 Å². The smallest absolute Gasteiger partial charge is 0.230 e. The third-order valence-electron chi connectivity index (χ3n) is 3.45. The number of amides is 1. The molecule has 0 atom stereocenters. The highest BCUT2D eigenvalue weighted by Crippen LogP contribution is 2.30. The second-order valence-electron chi connectivity index (χ2n) is 5.22. The normalized spacial score (nSPS) is 13.5. The predicted octanol–water partition coefficient (Wildman–Crippen LogP) is 3.10. The first-order chi connectivity index (χ1) is 10.6. The average molecular weight is 318 g/mol. The Hall–Kier alpha value is -2.08. The first kappa shape index (κ1) is 14.8. The molecule has 0 spiro atoms. The Bertz CT molecular complexity index is 677. The van der Waals surface area contributed by atoms with Gasteiger partial charge in [0.2, 0.25) is 5.91 Å². The Kier molecular flexibility index (Phi) is 4.29. The van der Waals surface area contributed by atoms with Gasteiger partial charge < -0.3 is 14.8 Å². The number of aromatic nitrogens is 1. The third-order valence-corrected chi connectivity index (χ3v) is 4.44. The molecular formula is C16H18N2O3S. The second-order valence-corrected chi connectivity index (χ2v) is 6.42. The molecule has 0 saturated heterocycles. The van der Waals surface area contributed by atoms with Crippen molar-refractivity contribution in [3.05, 3.63) is 34.3 Å². The zero-order valence-corrected chi connectivity index (χ0v) is 13.5. The van der Waals surface area contributed by atoms with Gasteiger partial charge in [-0.15, -0.1) is 11.3 Å². The molecular weight excluding hydrogens is 300 g/mol. The van der Waals surface area contributed by atoms with Crippen LogP contribution in [0.3, 0.4) is 0 Å². The van der Waals surface area contributed by atoms with E-state index in [0.717, 1.165) is 28.3 Å². The molecule has 1 aromatic carbocycles. The molecule has 6 heteroatoms. The fraction of sp³-hybridized carbons (Fsp3) is 0.375. The molecule has 0 bridgehead atoms. The summed E-state index contributed by atoms with van der Waals surface area (Å²) in [6.45, 7) is 5.23. The highest BCUT2D eigenvalue weighted by atomic mass is 32.1. The van der Waals surface area contributed by atoms with Crippen molar-refractivity contribution in [3.63, 3.8) is 0 Å². The van der Waals surface area contributed by atoms with Gasteiger partial charge in [-0.1, -0.05) is 6.07 Å². The Balaban J connectivity index is 1.67. The summed E-state index contributed by atoms with van der Waals surface area (Å²) in [5.74, 6) is 1.37. The number of carbonyl (C=O) groups excluding carboxylic acids is 1. The minimum absolute atomic E-state index is 0.0803. The summed E-state index contributed by atoms with van der Waals surface area (Å²) < 4.78 is 11.2. The molecule has 116 valence electrons. The summed E-state index contributed by atoms with van der Waals surface area (Å²) in [5.41, 5.74) is 1.85. The average Bonchev–Trinajstić information content (AvgIpc) is 2.67. The summed E-state index contributed by atoms with van der Waals surface area (Å²) in [4.78, 5) is 17.6. The van der Waals surface area contributed by atoms with E-state index in [9.17, 15) is 4.79 Å². The first-order valence-corrected chi connectivity index (χ1v) is 8.06. The van der Waals surface area contributed by atoms with Crippen molar-refractivity contribution < 1.29 is 14.3 Å². The van der Waals surface area contributed by atoms with Gasteiger partial charge >= 0.3 is 0 Å². The number of aryl methyl sites for hydroxylation is 2. The van der Waals surface area contributed by atoms with E-state index in [-0.39, 0.29) is 12.3 Å². The Morgan fingerprint density at radius 3 is 2.77 bits per heavy atom. The lowest BCUT2D eigenvalue weighted by atomic mass is 10.1. The zero-order valence-electron chi connectivity index (χ0n) is 12.6. The standard InChI is InChI=1S/C16H18N2O3S/c1-10-11(2)22-16(17-10)18-15(19)9-12-4-5-13-14(8-12)21-7-3-6-20-13/h4-5,8H,3,6-7,9H2,1-2H3,(H,17,18,19). The minimum atomic E-state index is -0.0803. The van der Waals surface area contributed by atoms with E-state index in [0.29, 0.717) is 24.1 Å². The third kappa shape index (κ3) is 3.39. The quantitative estimate of drug-likeness (QED) is 0.944. The molecule has 0 radical (unpaired) electrons. The maximum absolute atomic E-state index is 12.1. The summed E-state index contributed by atoms with van der Waals surface area (Å²) in [5, 5.41) is 3.49. The molecule has 1 aliphatic heterocycles.